The van der Waals surface area contributed by atoms with Crippen molar-refractivity contribution in [3.8, 4) is 0 Å². The fourth-order valence-corrected chi connectivity index (χ4v) is 2.02. The lowest BCUT2D eigenvalue weighted by Crippen LogP contribution is -2.36. The quantitative estimate of drug-likeness (QED) is 0.882. The Labute approximate surface area is 99.7 Å². The Balaban J connectivity index is 1.90. The molecule has 1 fully saturated rings. The summed E-state index contributed by atoms with van der Waals surface area (Å²) in [4.78, 5) is 0. The number of nitrogens with one attached hydrogen (secondary N) is 1. The first-order valence-corrected chi connectivity index (χ1v) is 5.88. The standard InChI is InChI=1S/C12H15ClFNO/c13-12-4-3-10(14)6-9(12)7-15-11-2-1-5-16-8-11/h3-4,6,11,15H,1-2,5,7-8H2. The first kappa shape index (κ1) is 11.8. The average molecular weight is 244 g/mol. The zero-order valence-electron chi connectivity index (χ0n) is 9.01. The first-order chi connectivity index (χ1) is 7.75. The number of halogens is 2. The van der Waals surface area contributed by atoms with Gasteiger partial charge in [0, 0.05) is 24.2 Å². The van der Waals surface area contributed by atoms with Crippen LogP contribution in [0, 0.1) is 5.82 Å². The van der Waals surface area contributed by atoms with Gasteiger partial charge in [0.25, 0.3) is 0 Å². The monoisotopic (exact) mass is 243 g/mol. The van der Waals surface area contributed by atoms with E-state index in [0.717, 1.165) is 31.6 Å². The molecule has 0 spiro atoms. The molecule has 1 aliphatic heterocycles. The molecule has 0 amide bonds. The molecule has 0 saturated carbocycles. The largest absolute Gasteiger partial charge is 0.380 e. The van der Waals surface area contributed by atoms with E-state index < -0.39 is 0 Å². The van der Waals surface area contributed by atoms with Crippen LogP contribution in [0.3, 0.4) is 0 Å². The highest BCUT2D eigenvalue weighted by atomic mass is 35.5. The van der Waals surface area contributed by atoms with Gasteiger partial charge in [-0.25, -0.2) is 4.39 Å². The maximum absolute atomic E-state index is 13.0. The van der Waals surface area contributed by atoms with E-state index in [1.54, 1.807) is 6.07 Å². The van der Waals surface area contributed by atoms with Crippen molar-refractivity contribution < 1.29 is 9.13 Å². The molecular weight excluding hydrogens is 229 g/mol. The van der Waals surface area contributed by atoms with Gasteiger partial charge < -0.3 is 10.1 Å². The summed E-state index contributed by atoms with van der Waals surface area (Å²) in [6.45, 7) is 2.16. The third-order valence-corrected chi connectivity index (χ3v) is 3.12. The van der Waals surface area contributed by atoms with Gasteiger partial charge in [0.1, 0.15) is 5.82 Å². The smallest absolute Gasteiger partial charge is 0.123 e. The summed E-state index contributed by atoms with van der Waals surface area (Å²) in [6.07, 6.45) is 2.18. The molecule has 0 aliphatic carbocycles. The van der Waals surface area contributed by atoms with E-state index in [9.17, 15) is 4.39 Å². The Morgan fingerprint density at radius 2 is 2.38 bits per heavy atom. The van der Waals surface area contributed by atoms with Crippen molar-refractivity contribution >= 4 is 11.6 Å². The average Bonchev–Trinajstić information content (AvgIpc) is 2.32. The minimum atomic E-state index is -0.249. The van der Waals surface area contributed by atoms with Gasteiger partial charge in [-0.05, 0) is 36.6 Å². The van der Waals surface area contributed by atoms with Gasteiger partial charge in [0.05, 0.1) is 6.61 Å². The summed E-state index contributed by atoms with van der Waals surface area (Å²) in [5.74, 6) is -0.249. The number of benzene rings is 1. The van der Waals surface area contributed by atoms with Crippen LogP contribution in [-0.2, 0) is 11.3 Å². The van der Waals surface area contributed by atoms with Crippen molar-refractivity contribution in [2.75, 3.05) is 13.2 Å². The third-order valence-electron chi connectivity index (χ3n) is 2.75. The maximum atomic E-state index is 13.0. The Morgan fingerprint density at radius 1 is 1.50 bits per heavy atom. The van der Waals surface area contributed by atoms with Gasteiger partial charge >= 0.3 is 0 Å². The van der Waals surface area contributed by atoms with Crippen molar-refractivity contribution in [1.29, 1.82) is 0 Å². The SMILES string of the molecule is Fc1ccc(Cl)c(CNC2CCCOC2)c1. The van der Waals surface area contributed by atoms with Crippen LogP contribution < -0.4 is 5.32 Å². The molecule has 1 atom stereocenters. The molecule has 0 radical (unpaired) electrons. The van der Waals surface area contributed by atoms with Gasteiger partial charge in [-0.3, -0.25) is 0 Å². The van der Waals surface area contributed by atoms with E-state index in [4.69, 9.17) is 16.3 Å². The molecule has 1 N–H and O–H groups in total. The molecular formula is C12H15ClFNO. The van der Waals surface area contributed by atoms with Crippen LogP contribution in [0.5, 0.6) is 0 Å². The van der Waals surface area contributed by atoms with Gasteiger partial charge in [-0.1, -0.05) is 11.6 Å². The second-order valence-corrected chi connectivity index (χ2v) is 4.44. The van der Waals surface area contributed by atoms with Crippen molar-refractivity contribution in [2.24, 2.45) is 0 Å². The number of ether oxygens (including phenoxy) is 1. The summed E-state index contributed by atoms with van der Waals surface area (Å²) in [5.41, 5.74) is 0.798. The van der Waals surface area contributed by atoms with Gasteiger partial charge in [0.15, 0.2) is 0 Å². The number of hydrogen-bond donors (Lipinski definition) is 1. The fourth-order valence-electron chi connectivity index (χ4n) is 1.83. The summed E-state index contributed by atoms with van der Waals surface area (Å²) in [6, 6.07) is 4.79. The predicted molar refractivity (Wildman–Crippen MR) is 62.1 cm³/mol. The van der Waals surface area contributed by atoms with Gasteiger partial charge in [-0.15, -0.1) is 0 Å². The lowest BCUT2D eigenvalue weighted by atomic mass is 10.1. The minimum absolute atomic E-state index is 0.249. The highest BCUT2D eigenvalue weighted by molar-refractivity contribution is 6.31. The molecule has 1 heterocycles. The van der Waals surface area contributed by atoms with E-state index in [0.29, 0.717) is 17.6 Å². The van der Waals surface area contributed by atoms with Crippen LogP contribution in [0.15, 0.2) is 18.2 Å². The van der Waals surface area contributed by atoms with Crippen LogP contribution in [0.25, 0.3) is 0 Å². The second kappa shape index (κ2) is 5.62. The normalized spacial score (nSPS) is 21.0. The lowest BCUT2D eigenvalue weighted by molar-refractivity contribution is 0.0699. The molecule has 1 unspecified atom stereocenters. The molecule has 2 rings (SSSR count). The van der Waals surface area contributed by atoms with Crippen LogP contribution in [-0.4, -0.2) is 19.3 Å². The summed E-state index contributed by atoms with van der Waals surface area (Å²) < 4.78 is 18.4. The van der Waals surface area contributed by atoms with Crippen molar-refractivity contribution in [3.63, 3.8) is 0 Å². The lowest BCUT2D eigenvalue weighted by Gasteiger charge is -2.23. The van der Waals surface area contributed by atoms with Gasteiger partial charge in [0.2, 0.25) is 0 Å². The third kappa shape index (κ3) is 3.17. The van der Waals surface area contributed by atoms with Crippen molar-refractivity contribution in [2.45, 2.75) is 25.4 Å². The molecule has 4 heteroatoms. The molecule has 0 bridgehead atoms. The molecule has 88 valence electrons. The highest BCUT2D eigenvalue weighted by Crippen LogP contribution is 2.17. The summed E-state index contributed by atoms with van der Waals surface area (Å²) in [7, 11) is 0. The fraction of sp³-hybridized carbons (Fsp3) is 0.500. The molecule has 2 nitrogen and oxygen atoms in total. The predicted octanol–water partition coefficient (Wildman–Crippen LogP) is 2.75. The number of rotatable bonds is 3. The summed E-state index contributed by atoms with van der Waals surface area (Å²) >= 11 is 5.98. The van der Waals surface area contributed by atoms with E-state index in [2.05, 4.69) is 5.32 Å². The van der Waals surface area contributed by atoms with E-state index in [1.807, 2.05) is 0 Å². The summed E-state index contributed by atoms with van der Waals surface area (Å²) in [5, 5.41) is 3.93. The Morgan fingerprint density at radius 3 is 3.12 bits per heavy atom. The Hall–Kier alpha value is -0.640. The van der Waals surface area contributed by atoms with E-state index in [-0.39, 0.29) is 5.82 Å². The van der Waals surface area contributed by atoms with E-state index >= 15 is 0 Å². The number of hydrogen-bond acceptors (Lipinski definition) is 2. The Kier molecular flexibility index (Phi) is 4.16. The topological polar surface area (TPSA) is 21.3 Å². The molecule has 1 saturated heterocycles. The molecule has 16 heavy (non-hydrogen) atoms. The van der Waals surface area contributed by atoms with Crippen LogP contribution in [0.2, 0.25) is 5.02 Å². The van der Waals surface area contributed by atoms with Crippen LogP contribution in [0.1, 0.15) is 18.4 Å². The zero-order chi connectivity index (χ0) is 11.4. The Bertz CT molecular complexity index is 353. The van der Waals surface area contributed by atoms with E-state index in [1.165, 1.54) is 12.1 Å². The molecule has 1 aromatic carbocycles. The highest BCUT2D eigenvalue weighted by Gasteiger charge is 2.13. The van der Waals surface area contributed by atoms with Crippen molar-refractivity contribution in [3.05, 3.63) is 34.6 Å². The first-order valence-electron chi connectivity index (χ1n) is 5.51. The zero-order valence-corrected chi connectivity index (χ0v) is 9.77. The molecule has 0 aromatic heterocycles. The minimum Gasteiger partial charge on any atom is -0.380 e. The van der Waals surface area contributed by atoms with Crippen LogP contribution >= 0.6 is 11.6 Å². The molecule has 1 aliphatic rings. The molecule has 1 aromatic rings. The van der Waals surface area contributed by atoms with Crippen molar-refractivity contribution in [1.82, 2.24) is 5.32 Å². The van der Waals surface area contributed by atoms with Gasteiger partial charge in [-0.2, -0.15) is 0 Å². The second-order valence-electron chi connectivity index (χ2n) is 4.03. The maximum Gasteiger partial charge on any atom is 0.123 e. The van der Waals surface area contributed by atoms with Crippen LogP contribution in [0.4, 0.5) is 4.39 Å².